The molecule has 1 atom stereocenters. The number of nitrogens with one attached hydrogen (secondary N) is 2. The number of Topliss-reactive ketones (excluding diaryl/α,β-unsaturated/α-hetero) is 1. The molecule has 3 aromatic rings. The zero-order chi connectivity index (χ0) is 45.9. The summed E-state index contributed by atoms with van der Waals surface area (Å²) in [4.78, 5) is 75.9. The van der Waals surface area contributed by atoms with E-state index in [-0.39, 0.29) is 116 Å². The van der Waals surface area contributed by atoms with E-state index in [2.05, 4.69) is 10.6 Å². The summed E-state index contributed by atoms with van der Waals surface area (Å²) in [6, 6.07) is 4.52. The summed E-state index contributed by atoms with van der Waals surface area (Å²) in [5.74, 6) is -4.00. The van der Waals surface area contributed by atoms with Crippen LogP contribution in [0, 0.1) is 11.6 Å². The van der Waals surface area contributed by atoms with Gasteiger partial charge in [0, 0.05) is 54.1 Å². The van der Waals surface area contributed by atoms with Crippen molar-refractivity contribution in [3.63, 3.8) is 0 Å². The van der Waals surface area contributed by atoms with Crippen LogP contribution >= 0.6 is 11.3 Å². The summed E-state index contributed by atoms with van der Waals surface area (Å²) >= 11 is 1.02. The van der Waals surface area contributed by atoms with Gasteiger partial charge in [-0.3, -0.25) is 24.0 Å². The molecule has 0 unspecified atom stereocenters. The predicted octanol–water partition coefficient (Wildman–Crippen LogP) is 6.54. The molecule has 16 nitrogen and oxygen atoms in total. The average Bonchev–Trinajstić information content (AvgIpc) is 3.83. The van der Waals surface area contributed by atoms with Gasteiger partial charge >= 0.3 is 18.0 Å². The number of rotatable bonds is 20. The predicted molar refractivity (Wildman–Crippen MR) is 223 cm³/mol. The molecule has 0 bridgehead atoms. The molecule has 0 radical (unpaired) electrons. The molecule has 340 valence electrons. The number of ether oxygens (including phenoxy) is 7. The number of esters is 2. The van der Waals surface area contributed by atoms with Crippen LogP contribution in [0.1, 0.15) is 101 Å². The van der Waals surface area contributed by atoms with Crippen LogP contribution in [0.25, 0.3) is 10.1 Å². The molecule has 3 amide bonds. The maximum atomic E-state index is 15.8. The topological polar surface area (TPSA) is 194 Å². The summed E-state index contributed by atoms with van der Waals surface area (Å²) < 4.78 is 69.9. The Labute approximate surface area is 362 Å². The van der Waals surface area contributed by atoms with Crippen LogP contribution in [-0.2, 0) is 46.5 Å². The Morgan fingerprint density at radius 2 is 1.39 bits per heavy atom. The van der Waals surface area contributed by atoms with E-state index in [0.717, 1.165) is 11.3 Å². The van der Waals surface area contributed by atoms with Gasteiger partial charge in [0.25, 0.3) is 0 Å². The second-order valence-corrected chi connectivity index (χ2v) is 17.5. The normalized spacial score (nSPS) is 12.9. The van der Waals surface area contributed by atoms with Gasteiger partial charge in [-0.2, -0.15) is 0 Å². The monoisotopic (exact) mass is 891 g/mol. The highest BCUT2D eigenvalue weighted by Crippen LogP contribution is 2.41. The Morgan fingerprint density at radius 3 is 2.02 bits per heavy atom. The molecule has 0 spiro atoms. The number of amides is 3. The van der Waals surface area contributed by atoms with Crippen molar-refractivity contribution in [2.75, 3.05) is 40.5 Å². The van der Waals surface area contributed by atoms with Crippen molar-refractivity contribution in [3.05, 3.63) is 45.8 Å². The molecule has 1 aromatic heterocycles. The smallest absolute Gasteiger partial charge is 0.408 e. The first-order valence-electron chi connectivity index (χ1n) is 20.0. The third-order valence-electron chi connectivity index (χ3n) is 8.85. The lowest BCUT2D eigenvalue weighted by molar-refractivity contribution is -0.156. The zero-order valence-corrected chi connectivity index (χ0v) is 37.3. The quantitative estimate of drug-likeness (QED) is 0.0538. The Hall–Kier alpha value is -5.72. The van der Waals surface area contributed by atoms with Crippen molar-refractivity contribution >= 4 is 57.1 Å². The van der Waals surface area contributed by atoms with Crippen LogP contribution in [0.2, 0.25) is 0 Å². The third-order valence-corrected chi connectivity index (χ3v) is 9.98. The molecule has 19 heteroatoms. The van der Waals surface area contributed by atoms with Gasteiger partial charge in [-0.25, -0.2) is 13.6 Å². The van der Waals surface area contributed by atoms with Crippen LogP contribution in [-0.4, -0.2) is 98.4 Å². The fourth-order valence-electron chi connectivity index (χ4n) is 6.06. The average molecular weight is 892 g/mol. The maximum absolute atomic E-state index is 15.8. The van der Waals surface area contributed by atoms with Gasteiger partial charge in [0.15, 0.2) is 40.4 Å². The fourth-order valence-corrected chi connectivity index (χ4v) is 7.12. The van der Waals surface area contributed by atoms with Crippen molar-refractivity contribution in [3.8, 4) is 23.0 Å². The van der Waals surface area contributed by atoms with Crippen molar-refractivity contribution in [2.24, 2.45) is 0 Å². The van der Waals surface area contributed by atoms with Crippen molar-refractivity contribution in [2.45, 2.75) is 111 Å². The summed E-state index contributed by atoms with van der Waals surface area (Å²) in [6.07, 6.45) is -1.94. The van der Waals surface area contributed by atoms with Crippen LogP contribution < -0.4 is 29.6 Å². The SMILES string of the molecule is COc1cc2c(c(F)c1OCCCOc1c(OC)cc3sc(C(=O)CCC(=O)O[C@@H](C)CNC(=O)CNC(=O)OC(C)(C)C)cc3c1F)CN(C(=O)CCC(=O)OC(C)(C)C)C2. The number of thiophene rings is 1. The number of ketones is 1. The maximum Gasteiger partial charge on any atom is 0.408 e. The van der Waals surface area contributed by atoms with Gasteiger partial charge in [-0.05, 0) is 66.2 Å². The van der Waals surface area contributed by atoms with Gasteiger partial charge < -0.3 is 48.7 Å². The molecule has 0 aliphatic carbocycles. The van der Waals surface area contributed by atoms with Gasteiger partial charge in [0.2, 0.25) is 11.8 Å². The third kappa shape index (κ3) is 14.2. The number of fused-ring (bicyclic) bond motifs is 2. The molecule has 62 heavy (non-hydrogen) atoms. The molecule has 2 aromatic carbocycles. The highest BCUT2D eigenvalue weighted by atomic mass is 32.1. The molecule has 0 fully saturated rings. The molecule has 0 saturated carbocycles. The highest BCUT2D eigenvalue weighted by molar-refractivity contribution is 7.20. The molecular formula is C43H55F2N3O13S. The second-order valence-electron chi connectivity index (χ2n) is 16.4. The molecule has 4 rings (SSSR count). The minimum Gasteiger partial charge on any atom is -0.493 e. The number of methoxy groups -OCH3 is 2. The van der Waals surface area contributed by atoms with E-state index in [9.17, 15) is 28.8 Å². The number of carbonyl (C=O) groups is 6. The van der Waals surface area contributed by atoms with E-state index >= 15 is 8.78 Å². The Morgan fingerprint density at radius 1 is 0.774 bits per heavy atom. The van der Waals surface area contributed by atoms with E-state index in [1.807, 2.05) is 0 Å². The van der Waals surface area contributed by atoms with E-state index in [0.29, 0.717) is 10.3 Å². The summed E-state index contributed by atoms with van der Waals surface area (Å²) in [5.41, 5.74) is -0.568. The summed E-state index contributed by atoms with van der Waals surface area (Å²) in [6.45, 7) is 11.5. The van der Waals surface area contributed by atoms with Gasteiger partial charge in [0.05, 0.1) is 58.2 Å². The van der Waals surface area contributed by atoms with Crippen molar-refractivity contribution < 1.29 is 70.7 Å². The first kappa shape index (κ1) is 48.9. The Bertz CT molecular complexity index is 2140. The zero-order valence-electron chi connectivity index (χ0n) is 36.5. The molecule has 2 heterocycles. The highest BCUT2D eigenvalue weighted by Gasteiger charge is 2.31. The summed E-state index contributed by atoms with van der Waals surface area (Å²) in [5, 5.41) is 4.97. The van der Waals surface area contributed by atoms with Crippen LogP contribution in [0.5, 0.6) is 23.0 Å². The molecule has 1 aliphatic heterocycles. The second kappa shape index (κ2) is 21.4. The molecule has 1 aliphatic rings. The Kier molecular flexibility index (Phi) is 16.9. The largest absolute Gasteiger partial charge is 0.493 e. The number of benzene rings is 2. The number of hydrogen-bond acceptors (Lipinski definition) is 14. The lowest BCUT2D eigenvalue weighted by atomic mass is 10.1. The molecule has 0 saturated heterocycles. The molecular weight excluding hydrogens is 837 g/mol. The minimum atomic E-state index is -0.760. The van der Waals surface area contributed by atoms with Gasteiger partial charge in [-0.15, -0.1) is 11.3 Å². The van der Waals surface area contributed by atoms with Crippen molar-refractivity contribution in [1.82, 2.24) is 15.5 Å². The van der Waals surface area contributed by atoms with E-state index in [1.165, 1.54) is 31.3 Å². The van der Waals surface area contributed by atoms with Gasteiger partial charge in [-0.1, -0.05) is 0 Å². The molecule has 2 N–H and O–H groups in total. The Balaban J connectivity index is 1.26. The summed E-state index contributed by atoms with van der Waals surface area (Å²) in [7, 11) is 2.71. The lowest BCUT2D eigenvalue weighted by Gasteiger charge is -2.20. The first-order chi connectivity index (χ1) is 29.1. The number of hydrogen-bond donors (Lipinski definition) is 2. The van der Waals surface area contributed by atoms with E-state index in [1.54, 1.807) is 54.5 Å². The number of carbonyl (C=O) groups excluding carboxylic acids is 6. The van der Waals surface area contributed by atoms with E-state index < -0.39 is 58.7 Å². The number of halogens is 2. The minimum absolute atomic E-state index is 0.0106. The van der Waals surface area contributed by atoms with Crippen molar-refractivity contribution in [1.29, 1.82) is 0 Å². The van der Waals surface area contributed by atoms with E-state index in [4.69, 9.17) is 33.2 Å². The van der Waals surface area contributed by atoms with Crippen LogP contribution in [0.15, 0.2) is 18.2 Å². The van der Waals surface area contributed by atoms with Crippen LogP contribution in [0.3, 0.4) is 0 Å². The fraction of sp³-hybridized carbons (Fsp3) is 0.535. The number of nitrogens with zero attached hydrogens (tertiary/aromatic N) is 1. The number of alkyl carbamates (subject to hydrolysis) is 1. The standard InChI is InChI=1S/C43H55F2N3O13S/c1-24(20-46-33(50)21-47-41(54)61-43(5,6)7)59-35(52)13-11-28(49)32-18-26-31(62-32)19-30(56-9)40(37(26)44)58-16-10-15-57-39-29(55-8)17-25-22-48(23-27(25)38(39)45)34(51)12-14-36(53)60-42(2,3)4/h17-19,24H,10-16,20-23H2,1-9H3,(H,46,50)(H,47,54)/t24-/m0/s1. The van der Waals surface area contributed by atoms with Crippen LogP contribution in [0.4, 0.5) is 13.6 Å². The lowest BCUT2D eigenvalue weighted by Crippen LogP contribution is -2.42. The van der Waals surface area contributed by atoms with Gasteiger partial charge in [0.1, 0.15) is 17.3 Å². The first-order valence-corrected chi connectivity index (χ1v) is 20.8.